The molecule has 1 amide bonds. The van der Waals surface area contributed by atoms with Gasteiger partial charge in [0.25, 0.3) is 0 Å². The third-order valence-electron chi connectivity index (χ3n) is 4.72. The van der Waals surface area contributed by atoms with Crippen LogP contribution in [-0.2, 0) is 11.3 Å². The second-order valence-corrected chi connectivity index (χ2v) is 7.31. The fraction of sp³-hybridized carbons (Fsp3) is 0.200. The van der Waals surface area contributed by atoms with Gasteiger partial charge in [0.05, 0.1) is 5.69 Å². The van der Waals surface area contributed by atoms with Crippen molar-refractivity contribution in [2.24, 2.45) is 0 Å². The molecule has 0 saturated carbocycles. The van der Waals surface area contributed by atoms with Gasteiger partial charge in [0.15, 0.2) is 10.6 Å². The van der Waals surface area contributed by atoms with Crippen molar-refractivity contribution >= 4 is 23.8 Å². The van der Waals surface area contributed by atoms with E-state index in [1.807, 2.05) is 60.9 Å². The Morgan fingerprint density at radius 2 is 1.97 bits per heavy atom. The number of hydrogen-bond acceptors (Lipinski definition) is 6. The Morgan fingerprint density at radius 3 is 2.70 bits per heavy atom. The highest BCUT2D eigenvalue weighted by molar-refractivity contribution is 7.71. The van der Waals surface area contributed by atoms with Gasteiger partial charge in [-0.05, 0) is 54.2 Å². The van der Waals surface area contributed by atoms with E-state index in [0.717, 1.165) is 22.4 Å². The molecule has 2 aromatic heterocycles. The normalized spacial score (nSPS) is 10.9. The van der Waals surface area contributed by atoms with E-state index in [1.54, 1.807) is 4.68 Å². The van der Waals surface area contributed by atoms with Gasteiger partial charge in [-0.3, -0.25) is 14.5 Å². The average molecular weight is 421 g/mol. The zero-order valence-corrected chi connectivity index (χ0v) is 17.3. The molecule has 2 heterocycles. The summed E-state index contributed by atoms with van der Waals surface area (Å²) in [6.07, 6.45) is 1.77. The number of carbonyl (C=O) groups excluding carboxylic acids is 1. The minimum absolute atomic E-state index is 0.125. The van der Waals surface area contributed by atoms with E-state index in [-0.39, 0.29) is 12.3 Å². The third-order valence-corrected chi connectivity index (χ3v) is 5.03. The zero-order valence-electron chi connectivity index (χ0n) is 16.5. The van der Waals surface area contributed by atoms with Gasteiger partial charge in [0.1, 0.15) is 6.33 Å². The number of rotatable bonds is 6. The van der Waals surface area contributed by atoms with Crippen LogP contribution in [0.1, 0.15) is 17.5 Å². The van der Waals surface area contributed by atoms with E-state index in [0.29, 0.717) is 22.8 Å². The number of anilines is 1. The smallest absolute Gasteiger partial charge is 0.226 e. The van der Waals surface area contributed by atoms with Gasteiger partial charge in [-0.1, -0.05) is 35.9 Å². The molecule has 10 heteroatoms. The first-order chi connectivity index (χ1) is 14.5. The van der Waals surface area contributed by atoms with Gasteiger partial charge in [0.2, 0.25) is 5.91 Å². The van der Waals surface area contributed by atoms with Gasteiger partial charge in [-0.2, -0.15) is 5.10 Å². The highest BCUT2D eigenvalue weighted by Gasteiger charge is 2.12. The van der Waals surface area contributed by atoms with Crippen molar-refractivity contribution in [1.82, 2.24) is 35.0 Å². The molecule has 0 unspecified atom stereocenters. The van der Waals surface area contributed by atoms with Crippen LogP contribution in [0.2, 0.25) is 0 Å². The average Bonchev–Trinajstić information content (AvgIpc) is 3.39. The van der Waals surface area contributed by atoms with Crippen molar-refractivity contribution in [1.29, 1.82) is 0 Å². The van der Waals surface area contributed by atoms with E-state index in [2.05, 4.69) is 31.0 Å². The predicted octanol–water partition coefficient (Wildman–Crippen LogP) is 3.23. The molecule has 0 radical (unpaired) electrons. The summed E-state index contributed by atoms with van der Waals surface area (Å²) < 4.78 is 3.87. The monoisotopic (exact) mass is 420 g/mol. The predicted molar refractivity (Wildman–Crippen MR) is 115 cm³/mol. The Morgan fingerprint density at radius 1 is 1.17 bits per heavy atom. The van der Waals surface area contributed by atoms with E-state index in [4.69, 9.17) is 12.2 Å². The molecule has 0 saturated heterocycles. The number of benzene rings is 2. The Bertz CT molecular complexity index is 1220. The van der Waals surface area contributed by atoms with Crippen molar-refractivity contribution in [3.05, 3.63) is 64.7 Å². The number of aromatic amines is 1. The SMILES string of the molecule is Cc1ccc(-c2n[nH]c(=S)n2CCC(=O)Nc2ccc(C)c(-n3cnnn3)c2)cc1. The van der Waals surface area contributed by atoms with Crippen molar-refractivity contribution in [3.63, 3.8) is 0 Å². The van der Waals surface area contributed by atoms with Gasteiger partial charge in [-0.25, -0.2) is 4.68 Å². The number of H-pyrrole nitrogens is 1. The third kappa shape index (κ3) is 4.18. The maximum absolute atomic E-state index is 12.6. The molecule has 0 atom stereocenters. The summed E-state index contributed by atoms with van der Waals surface area (Å²) in [6, 6.07) is 13.6. The Balaban J connectivity index is 1.46. The Hall–Kier alpha value is -3.66. The minimum Gasteiger partial charge on any atom is -0.326 e. The fourth-order valence-corrected chi connectivity index (χ4v) is 3.31. The molecule has 0 aliphatic rings. The molecule has 0 aliphatic carbocycles. The number of nitrogens with zero attached hydrogens (tertiary/aromatic N) is 6. The van der Waals surface area contributed by atoms with Crippen LogP contribution in [0.4, 0.5) is 5.69 Å². The molecule has 4 aromatic rings. The number of hydrogen-bond donors (Lipinski definition) is 2. The molecule has 0 aliphatic heterocycles. The molecule has 2 aromatic carbocycles. The van der Waals surface area contributed by atoms with Crippen LogP contribution in [0.3, 0.4) is 0 Å². The lowest BCUT2D eigenvalue weighted by atomic mass is 10.1. The first-order valence-electron chi connectivity index (χ1n) is 9.37. The zero-order chi connectivity index (χ0) is 21.1. The first-order valence-corrected chi connectivity index (χ1v) is 9.78. The molecule has 0 fully saturated rings. The van der Waals surface area contributed by atoms with Crippen molar-refractivity contribution < 1.29 is 4.79 Å². The largest absolute Gasteiger partial charge is 0.326 e. The second kappa shape index (κ2) is 8.37. The lowest BCUT2D eigenvalue weighted by molar-refractivity contribution is -0.116. The topological polar surface area (TPSA) is 106 Å². The van der Waals surface area contributed by atoms with Gasteiger partial charge >= 0.3 is 0 Å². The molecule has 30 heavy (non-hydrogen) atoms. The lowest BCUT2D eigenvalue weighted by Crippen LogP contribution is -2.15. The van der Waals surface area contributed by atoms with Crippen LogP contribution in [0, 0.1) is 18.6 Å². The number of aryl methyl sites for hydroxylation is 2. The molecule has 0 spiro atoms. The van der Waals surface area contributed by atoms with Crippen LogP contribution < -0.4 is 5.32 Å². The quantitative estimate of drug-likeness (QED) is 0.464. The molecule has 152 valence electrons. The van der Waals surface area contributed by atoms with E-state index in [9.17, 15) is 4.79 Å². The molecule has 0 bridgehead atoms. The number of carbonyl (C=O) groups is 1. The minimum atomic E-state index is -0.125. The first kappa shape index (κ1) is 19.6. The lowest BCUT2D eigenvalue weighted by Gasteiger charge is -2.10. The number of amides is 1. The summed E-state index contributed by atoms with van der Waals surface area (Å²) in [4.78, 5) is 12.6. The summed E-state index contributed by atoms with van der Waals surface area (Å²) in [6.45, 7) is 4.40. The van der Waals surface area contributed by atoms with Crippen LogP contribution in [0.15, 0.2) is 48.8 Å². The van der Waals surface area contributed by atoms with Crippen LogP contribution in [0.5, 0.6) is 0 Å². The highest BCUT2D eigenvalue weighted by atomic mass is 32.1. The molecular weight excluding hydrogens is 400 g/mol. The van der Waals surface area contributed by atoms with Crippen molar-refractivity contribution in [2.75, 3.05) is 5.32 Å². The van der Waals surface area contributed by atoms with Crippen molar-refractivity contribution in [2.45, 2.75) is 26.8 Å². The molecular formula is C20H20N8OS. The summed E-state index contributed by atoms with van der Waals surface area (Å²) >= 11 is 5.35. The summed E-state index contributed by atoms with van der Waals surface area (Å²) in [5, 5.41) is 21.3. The van der Waals surface area contributed by atoms with Crippen molar-refractivity contribution in [3.8, 4) is 17.1 Å². The van der Waals surface area contributed by atoms with Gasteiger partial charge in [-0.15, -0.1) is 5.10 Å². The molecule has 4 rings (SSSR count). The number of aromatic nitrogens is 7. The van der Waals surface area contributed by atoms with E-state index < -0.39 is 0 Å². The van der Waals surface area contributed by atoms with E-state index in [1.165, 1.54) is 6.33 Å². The Kier molecular flexibility index (Phi) is 5.48. The van der Waals surface area contributed by atoms with Gasteiger partial charge < -0.3 is 5.32 Å². The van der Waals surface area contributed by atoms with E-state index >= 15 is 0 Å². The molecule has 2 N–H and O–H groups in total. The molecule has 9 nitrogen and oxygen atoms in total. The van der Waals surface area contributed by atoms with Crippen LogP contribution in [0.25, 0.3) is 17.1 Å². The second-order valence-electron chi connectivity index (χ2n) is 6.92. The summed E-state index contributed by atoms with van der Waals surface area (Å²) in [5.41, 5.74) is 4.57. The number of nitrogens with one attached hydrogen (secondary N) is 2. The summed E-state index contributed by atoms with van der Waals surface area (Å²) in [5.74, 6) is 0.587. The van der Waals surface area contributed by atoms with Gasteiger partial charge in [0, 0.05) is 24.2 Å². The van der Waals surface area contributed by atoms with Crippen LogP contribution in [-0.4, -0.2) is 40.9 Å². The maximum atomic E-state index is 12.6. The maximum Gasteiger partial charge on any atom is 0.226 e. The highest BCUT2D eigenvalue weighted by Crippen LogP contribution is 2.20. The number of tetrazole rings is 1. The Labute approximate surface area is 177 Å². The summed E-state index contributed by atoms with van der Waals surface area (Å²) in [7, 11) is 0. The van der Waals surface area contributed by atoms with Crippen LogP contribution >= 0.6 is 12.2 Å². The fourth-order valence-electron chi connectivity index (χ4n) is 3.09. The standard InChI is InChI=1S/C20H20N8OS/c1-13-3-6-15(7-4-13)19-23-24-20(30)27(19)10-9-18(29)22-16-8-5-14(2)17(11-16)28-12-21-25-26-28/h3-8,11-12H,9-10H2,1-2H3,(H,22,29)(H,24,30).